The van der Waals surface area contributed by atoms with Crippen molar-refractivity contribution < 1.29 is 13.9 Å². The normalized spacial score (nSPS) is 24.0. The van der Waals surface area contributed by atoms with Gasteiger partial charge in [0.05, 0.1) is 13.2 Å². The summed E-state index contributed by atoms with van der Waals surface area (Å²) in [4.78, 5) is 17.6. The van der Waals surface area contributed by atoms with Gasteiger partial charge in [0.2, 0.25) is 0 Å². The summed E-state index contributed by atoms with van der Waals surface area (Å²) in [6, 6.07) is 3.08. The van der Waals surface area contributed by atoms with E-state index in [0.29, 0.717) is 12.1 Å². The van der Waals surface area contributed by atoms with E-state index in [0.717, 1.165) is 83.0 Å². The molecule has 1 atom stereocenters. The second-order valence-corrected chi connectivity index (χ2v) is 7.73. The molecule has 4 rings (SSSR count). The van der Waals surface area contributed by atoms with E-state index < -0.39 is 0 Å². The van der Waals surface area contributed by atoms with Gasteiger partial charge in [0.1, 0.15) is 5.82 Å². The molecular weight excluding hydrogens is 347 g/mol. The van der Waals surface area contributed by atoms with Crippen LogP contribution < -0.4 is 10.6 Å². The number of amides is 1. The van der Waals surface area contributed by atoms with Crippen LogP contribution in [0.3, 0.4) is 0 Å². The molecule has 3 aliphatic heterocycles. The third kappa shape index (κ3) is 4.66. The van der Waals surface area contributed by atoms with Gasteiger partial charge in [-0.25, -0.2) is 4.39 Å². The van der Waals surface area contributed by atoms with Gasteiger partial charge in [0.25, 0.3) is 5.91 Å². The molecule has 27 heavy (non-hydrogen) atoms. The summed E-state index contributed by atoms with van der Waals surface area (Å²) in [5, 5.41) is 6.38. The Morgan fingerprint density at radius 1 is 1.22 bits per heavy atom. The predicted molar refractivity (Wildman–Crippen MR) is 101 cm³/mol. The fourth-order valence-electron chi connectivity index (χ4n) is 4.31. The Morgan fingerprint density at radius 2 is 2.04 bits per heavy atom. The molecule has 0 aliphatic carbocycles. The van der Waals surface area contributed by atoms with E-state index in [1.54, 1.807) is 6.07 Å². The van der Waals surface area contributed by atoms with E-state index in [9.17, 15) is 9.18 Å². The van der Waals surface area contributed by atoms with Gasteiger partial charge in [0, 0.05) is 57.4 Å². The Balaban J connectivity index is 1.31. The number of hydrogen-bond acceptors (Lipinski definition) is 5. The molecule has 3 heterocycles. The first-order chi connectivity index (χ1) is 13.2. The number of halogens is 1. The van der Waals surface area contributed by atoms with Gasteiger partial charge in [-0.3, -0.25) is 14.6 Å². The van der Waals surface area contributed by atoms with Crippen LogP contribution in [0.25, 0.3) is 0 Å². The largest absolute Gasteiger partial charge is 0.379 e. The van der Waals surface area contributed by atoms with Crippen molar-refractivity contribution >= 4 is 5.91 Å². The highest BCUT2D eigenvalue weighted by molar-refractivity contribution is 5.96. The molecule has 0 spiro atoms. The Labute approximate surface area is 160 Å². The Hall–Kier alpha value is -1.54. The van der Waals surface area contributed by atoms with Crippen LogP contribution in [-0.2, 0) is 17.7 Å². The third-order valence-electron chi connectivity index (χ3n) is 5.86. The van der Waals surface area contributed by atoms with E-state index in [2.05, 4.69) is 20.4 Å². The number of ether oxygens (including phenoxy) is 1. The predicted octanol–water partition coefficient (Wildman–Crippen LogP) is 0.608. The van der Waals surface area contributed by atoms with Gasteiger partial charge in [0.15, 0.2) is 0 Å². The van der Waals surface area contributed by atoms with Gasteiger partial charge in [-0.2, -0.15) is 0 Å². The zero-order chi connectivity index (χ0) is 18.6. The van der Waals surface area contributed by atoms with Crippen molar-refractivity contribution in [1.82, 2.24) is 20.4 Å². The summed E-state index contributed by atoms with van der Waals surface area (Å²) in [7, 11) is 0. The van der Waals surface area contributed by atoms with Crippen LogP contribution in [0.4, 0.5) is 4.39 Å². The number of nitrogens with zero attached hydrogens (tertiary/aromatic N) is 2. The summed E-state index contributed by atoms with van der Waals surface area (Å²) in [5.41, 5.74) is 2.41. The number of rotatable bonds is 5. The maximum Gasteiger partial charge on any atom is 0.251 e. The van der Waals surface area contributed by atoms with Gasteiger partial charge in [-0.05, 0) is 42.6 Å². The maximum absolute atomic E-state index is 13.9. The molecule has 7 heteroatoms. The van der Waals surface area contributed by atoms with Crippen LogP contribution in [0.1, 0.15) is 27.9 Å². The minimum atomic E-state index is -0.332. The zero-order valence-electron chi connectivity index (χ0n) is 15.8. The monoisotopic (exact) mass is 376 g/mol. The minimum absolute atomic E-state index is 0.132. The fourth-order valence-corrected chi connectivity index (χ4v) is 4.31. The highest BCUT2D eigenvalue weighted by atomic mass is 19.1. The summed E-state index contributed by atoms with van der Waals surface area (Å²) in [6.07, 6.45) is 1.72. The molecular formula is C20H29FN4O2. The molecule has 0 aromatic heterocycles. The van der Waals surface area contributed by atoms with Crippen molar-refractivity contribution in [1.29, 1.82) is 0 Å². The van der Waals surface area contributed by atoms with Crippen LogP contribution in [0, 0.1) is 5.82 Å². The molecule has 1 aromatic carbocycles. The number of fused-ring (bicyclic) bond motifs is 1. The Morgan fingerprint density at radius 3 is 2.89 bits per heavy atom. The van der Waals surface area contributed by atoms with Gasteiger partial charge in [-0.1, -0.05) is 0 Å². The van der Waals surface area contributed by atoms with Gasteiger partial charge < -0.3 is 15.4 Å². The quantitative estimate of drug-likeness (QED) is 0.789. The van der Waals surface area contributed by atoms with E-state index >= 15 is 0 Å². The number of carbonyl (C=O) groups is 1. The van der Waals surface area contributed by atoms with Crippen molar-refractivity contribution in [3.8, 4) is 0 Å². The molecule has 0 radical (unpaired) electrons. The molecule has 2 fully saturated rings. The molecule has 0 saturated carbocycles. The fraction of sp³-hybridized carbons (Fsp3) is 0.650. The first kappa shape index (κ1) is 18.8. The second-order valence-electron chi connectivity index (χ2n) is 7.73. The molecule has 1 amide bonds. The third-order valence-corrected chi connectivity index (χ3v) is 5.86. The van der Waals surface area contributed by atoms with Crippen molar-refractivity contribution in [2.45, 2.75) is 25.4 Å². The summed E-state index contributed by atoms with van der Waals surface area (Å²) in [5.74, 6) is -0.464. The highest BCUT2D eigenvalue weighted by Crippen LogP contribution is 2.21. The maximum atomic E-state index is 13.9. The van der Waals surface area contributed by atoms with Crippen LogP contribution >= 0.6 is 0 Å². The summed E-state index contributed by atoms with van der Waals surface area (Å²) in [6.45, 7) is 9.07. The van der Waals surface area contributed by atoms with E-state index in [1.807, 2.05) is 0 Å². The number of benzene rings is 1. The van der Waals surface area contributed by atoms with Crippen molar-refractivity contribution in [2.75, 3.05) is 59.0 Å². The van der Waals surface area contributed by atoms with Crippen LogP contribution in [0.2, 0.25) is 0 Å². The first-order valence-electron chi connectivity index (χ1n) is 10.0. The molecule has 2 saturated heterocycles. The lowest BCUT2D eigenvalue weighted by Crippen LogP contribution is -2.42. The zero-order valence-corrected chi connectivity index (χ0v) is 15.8. The standard InChI is InChI=1S/C20H29FN4O2/c21-16-11-15-13-22-3-1-18(15)19(12-16)20(26)23-17-2-4-25(14-17)6-5-24-7-9-27-10-8-24/h11-12,17,22H,1-10,13-14H2,(H,23,26). The topological polar surface area (TPSA) is 56.8 Å². The van der Waals surface area contributed by atoms with Crippen molar-refractivity contribution in [3.63, 3.8) is 0 Å². The number of hydrogen-bond donors (Lipinski definition) is 2. The van der Waals surface area contributed by atoms with E-state index in [4.69, 9.17) is 4.74 Å². The Kier molecular flexibility index (Phi) is 6.02. The van der Waals surface area contributed by atoms with Gasteiger partial charge >= 0.3 is 0 Å². The summed E-state index contributed by atoms with van der Waals surface area (Å²) < 4.78 is 19.3. The lowest BCUT2D eigenvalue weighted by atomic mass is 9.94. The Bertz CT molecular complexity index is 678. The van der Waals surface area contributed by atoms with Crippen LogP contribution in [-0.4, -0.2) is 80.8 Å². The average molecular weight is 376 g/mol. The lowest BCUT2D eigenvalue weighted by Gasteiger charge is -2.28. The number of carbonyl (C=O) groups excluding carboxylic acids is 1. The van der Waals surface area contributed by atoms with E-state index in [1.165, 1.54) is 6.07 Å². The second kappa shape index (κ2) is 8.65. The molecule has 3 aliphatic rings. The average Bonchev–Trinajstić information content (AvgIpc) is 3.13. The SMILES string of the molecule is O=C(NC1CCN(CCN2CCOCC2)C1)c1cc(F)cc2c1CCNC2. The number of morpholine rings is 1. The van der Waals surface area contributed by atoms with Gasteiger partial charge in [-0.15, -0.1) is 0 Å². The lowest BCUT2D eigenvalue weighted by molar-refractivity contribution is 0.0343. The van der Waals surface area contributed by atoms with Crippen LogP contribution in [0.5, 0.6) is 0 Å². The number of likely N-dealkylation sites (tertiary alicyclic amines) is 1. The molecule has 6 nitrogen and oxygen atoms in total. The van der Waals surface area contributed by atoms with Crippen molar-refractivity contribution in [3.05, 3.63) is 34.6 Å². The number of nitrogens with one attached hydrogen (secondary N) is 2. The molecule has 2 N–H and O–H groups in total. The minimum Gasteiger partial charge on any atom is -0.379 e. The van der Waals surface area contributed by atoms with Crippen LogP contribution in [0.15, 0.2) is 12.1 Å². The molecule has 1 aromatic rings. The molecule has 1 unspecified atom stereocenters. The van der Waals surface area contributed by atoms with Crippen molar-refractivity contribution in [2.24, 2.45) is 0 Å². The summed E-state index contributed by atoms with van der Waals surface area (Å²) >= 11 is 0. The molecule has 0 bridgehead atoms. The smallest absolute Gasteiger partial charge is 0.251 e. The molecule has 148 valence electrons. The highest BCUT2D eigenvalue weighted by Gasteiger charge is 2.26. The van der Waals surface area contributed by atoms with E-state index in [-0.39, 0.29) is 17.8 Å². The first-order valence-corrected chi connectivity index (χ1v) is 10.0.